The summed E-state index contributed by atoms with van der Waals surface area (Å²) in [4.78, 5) is 3.92. The highest BCUT2D eigenvalue weighted by atomic mass is 19.2. The van der Waals surface area contributed by atoms with E-state index < -0.39 is 34.1 Å². The lowest BCUT2D eigenvalue weighted by Crippen LogP contribution is -2.28. The second kappa shape index (κ2) is 24.8. The number of methoxy groups -OCH3 is 2. The molecule has 0 spiro atoms. The largest absolute Gasteiger partial charge is 0.497 e. The molecule has 2 unspecified atom stereocenters. The maximum Gasteiger partial charge on any atom is 0.160 e. The minimum atomic E-state index is -0.979. The van der Waals surface area contributed by atoms with E-state index in [-0.39, 0.29) is 0 Å². The number of hydrogen-bond acceptors (Lipinski definition) is 6. The Morgan fingerprint density at radius 3 is 0.912 bits per heavy atom. The number of hydrogen-bond donors (Lipinski definition) is 0. The van der Waals surface area contributed by atoms with Gasteiger partial charge in [-0.2, -0.15) is 0 Å². The molecular weight excluding hydrogens is 1270 g/mol. The molecule has 0 aliphatic heterocycles. The lowest BCUT2D eigenvalue weighted by Gasteiger charge is -2.35. The lowest BCUT2D eigenvalue weighted by molar-refractivity contribution is 0.414. The molecule has 102 heavy (non-hydrogen) atoms. The van der Waals surface area contributed by atoms with Crippen LogP contribution in [0.5, 0.6) is 34.5 Å². The molecule has 0 aromatic heterocycles. The molecule has 494 valence electrons. The molecule has 6 nitrogen and oxygen atoms in total. The number of fused-ring (bicyclic) bond motifs is 8. The van der Waals surface area contributed by atoms with Gasteiger partial charge < -0.3 is 28.7 Å². The Morgan fingerprint density at radius 2 is 0.569 bits per heavy atom. The number of nitrogens with zero attached hydrogens (tertiary/aromatic N) is 2. The quantitative estimate of drug-likeness (QED) is 0.0847. The molecule has 0 radical (unpaired) electrons. The van der Waals surface area contributed by atoms with E-state index in [1.807, 2.05) is 131 Å². The number of aryl methyl sites for hydroxylation is 4. The van der Waals surface area contributed by atoms with E-state index in [0.717, 1.165) is 150 Å². The van der Waals surface area contributed by atoms with Gasteiger partial charge in [-0.15, -0.1) is 0 Å². The topological polar surface area (TPSA) is 43.4 Å². The first kappa shape index (κ1) is 61.9. The van der Waals surface area contributed by atoms with Crippen LogP contribution in [0.1, 0.15) is 66.8 Å². The standard InChI is InChI=1S/C92H64F4N2O4/c1-99-73-39-21-63(22-40-73)91(65-25-43-75(44-26-65)101-77-37-19-59-11-13-61(59)51-77)83-9-5-3-7-79(83)81-47-33-69(53-85(81)91)97(71-35-49-87(93)89(95)55-71)67-29-15-57(16-30-67)58-17-31-68(32-18-58)98(72-36-50-88(94)90(96)56-72)70-34-48-82-80-8-4-6-10-84(80)92(86(82)54-70,64-23-41-74(100-2)42-24-64)66-27-45-76(46-28-66)102-78-38-20-60-12-14-62(60)52-78/h3-10,15-56H,11-14H2,1-2H3. The van der Waals surface area contributed by atoms with E-state index in [1.165, 1.54) is 34.4 Å². The molecule has 4 aliphatic carbocycles. The van der Waals surface area contributed by atoms with Gasteiger partial charge in [0.1, 0.15) is 34.5 Å². The molecule has 0 amide bonds. The molecule has 0 saturated heterocycles. The zero-order valence-electron chi connectivity index (χ0n) is 55.7. The summed E-state index contributed by atoms with van der Waals surface area (Å²) >= 11 is 0. The Bertz CT molecular complexity index is 5260. The molecule has 14 aromatic rings. The SMILES string of the molecule is COc1ccc(C2(c3ccc(Oc4ccc5c(c4)CC5)cc3)c3ccccc3-c3ccc(N(c4ccc(-c5ccc(N(c6ccc(F)c(F)c6)c6ccc7c(c6)C(c6ccc(OC)cc6)(c6ccc(Oc8ccc9c(c8)CC9)cc6)c6ccccc6-7)cc5)cc4)c4ccc(F)c(F)c4)cc32)cc1. The first-order chi connectivity index (χ1) is 50.0. The average Bonchev–Trinajstić information content (AvgIpc) is 1.53. The summed E-state index contributed by atoms with van der Waals surface area (Å²) in [5.74, 6) is 0.601. The van der Waals surface area contributed by atoms with Gasteiger partial charge in [0.15, 0.2) is 23.3 Å². The third-order valence-corrected chi connectivity index (χ3v) is 21.3. The number of anilines is 6. The fourth-order valence-corrected chi connectivity index (χ4v) is 16.1. The zero-order valence-corrected chi connectivity index (χ0v) is 55.7. The van der Waals surface area contributed by atoms with Crippen molar-refractivity contribution in [2.24, 2.45) is 0 Å². The Labute approximate surface area is 589 Å². The van der Waals surface area contributed by atoms with Crippen molar-refractivity contribution in [2.45, 2.75) is 36.5 Å². The molecule has 0 N–H and O–H groups in total. The summed E-state index contributed by atoms with van der Waals surface area (Å²) in [5.41, 5.74) is 21.5. The summed E-state index contributed by atoms with van der Waals surface area (Å²) in [5, 5.41) is 0. The Hall–Kier alpha value is -12.4. The van der Waals surface area contributed by atoms with Crippen molar-refractivity contribution in [3.05, 3.63) is 393 Å². The van der Waals surface area contributed by atoms with Crippen molar-refractivity contribution in [2.75, 3.05) is 24.0 Å². The summed E-state index contributed by atoms with van der Waals surface area (Å²) in [6, 6.07) is 99.5. The molecule has 18 rings (SSSR count). The van der Waals surface area contributed by atoms with Crippen LogP contribution in [0.25, 0.3) is 33.4 Å². The summed E-state index contributed by atoms with van der Waals surface area (Å²) in [7, 11) is 3.33. The highest BCUT2D eigenvalue weighted by Crippen LogP contribution is 2.60. The van der Waals surface area contributed by atoms with Crippen LogP contribution in [0.2, 0.25) is 0 Å². The van der Waals surface area contributed by atoms with E-state index >= 15 is 17.6 Å². The van der Waals surface area contributed by atoms with Gasteiger partial charge in [0.2, 0.25) is 0 Å². The van der Waals surface area contributed by atoms with Gasteiger partial charge in [-0.25, -0.2) is 17.6 Å². The predicted molar refractivity (Wildman–Crippen MR) is 397 cm³/mol. The maximum absolute atomic E-state index is 15.8. The van der Waals surface area contributed by atoms with Crippen LogP contribution in [-0.4, -0.2) is 14.2 Å². The first-order valence-electron chi connectivity index (χ1n) is 34.3. The highest BCUT2D eigenvalue weighted by molar-refractivity contribution is 5.92. The van der Waals surface area contributed by atoms with Crippen LogP contribution in [0.15, 0.2) is 303 Å². The van der Waals surface area contributed by atoms with Crippen molar-refractivity contribution < 1.29 is 36.5 Å². The Kier molecular flexibility index (Phi) is 15.0. The third kappa shape index (κ3) is 10.2. The molecule has 0 heterocycles. The summed E-state index contributed by atoms with van der Waals surface area (Å²) in [6.07, 6.45) is 4.28. The molecule has 2 atom stereocenters. The molecular formula is C92H64F4N2O4. The van der Waals surface area contributed by atoms with Gasteiger partial charge in [-0.3, -0.25) is 0 Å². The Balaban J connectivity index is 0.717. The normalized spacial score (nSPS) is 15.5. The number of benzene rings is 14. The minimum Gasteiger partial charge on any atom is -0.497 e. The molecule has 0 fully saturated rings. The van der Waals surface area contributed by atoms with Gasteiger partial charge in [0, 0.05) is 46.3 Å². The van der Waals surface area contributed by atoms with Gasteiger partial charge in [-0.05, 0) is 271 Å². The van der Waals surface area contributed by atoms with Crippen LogP contribution < -0.4 is 28.7 Å². The maximum atomic E-state index is 15.8. The van der Waals surface area contributed by atoms with Gasteiger partial charge in [-0.1, -0.05) is 146 Å². The lowest BCUT2D eigenvalue weighted by atomic mass is 9.67. The first-order valence-corrected chi connectivity index (χ1v) is 34.3. The van der Waals surface area contributed by atoms with Crippen LogP contribution in [0.3, 0.4) is 0 Å². The van der Waals surface area contributed by atoms with Crippen molar-refractivity contribution in [1.29, 1.82) is 0 Å². The number of halogens is 4. The van der Waals surface area contributed by atoms with Crippen LogP contribution >= 0.6 is 0 Å². The van der Waals surface area contributed by atoms with E-state index in [1.54, 1.807) is 26.4 Å². The van der Waals surface area contributed by atoms with Crippen LogP contribution in [0, 0.1) is 23.3 Å². The Morgan fingerprint density at radius 1 is 0.255 bits per heavy atom. The molecule has 10 heteroatoms. The fraction of sp³-hybridized carbons (Fsp3) is 0.0870. The molecule has 14 aromatic carbocycles. The smallest absolute Gasteiger partial charge is 0.160 e. The van der Waals surface area contributed by atoms with E-state index in [0.29, 0.717) is 34.2 Å². The van der Waals surface area contributed by atoms with E-state index in [2.05, 4.69) is 146 Å². The fourth-order valence-electron chi connectivity index (χ4n) is 16.1. The number of ether oxygens (including phenoxy) is 4. The van der Waals surface area contributed by atoms with Crippen molar-refractivity contribution >= 4 is 34.1 Å². The van der Waals surface area contributed by atoms with Crippen molar-refractivity contribution in [3.63, 3.8) is 0 Å². The van der Waals surface area contributed by atoms with E-state index in [4.69, 9.17) is 18.9 Å². The molecule has 4 aliphatic rings. The van der Waals surface area contributed by atoms with Crippen molar-refractivity contribution in [3.8, 4) is 67.9 Å². The average molecular weight is 1340 g/mol. The zero-order chi connectivity index (χ0) is 68.8. The van der Waals surface area contributed by atoms with Gasteiger partial charge >= 0.3 is 0 Å². The van der Waals surface area contributed by atoms with E-state index in [9.17, 15) is 0 Å². The van der Waals surface area contributed by atoms with Crippen LogP contribution in [-0.2, 0) is 36.5 Å². The highest BCUT2D eigenvalue weighted by Gasteiger charge is 2.48. The van der Waals surface area contributed by atoms with Crippen molar-refractivity contribution in [1.82, 2.24) is 0 Å². The van der Waals surface area contributed by atoms with Gasteiger partial charge in [0.05, 0.1) is 25.0 Å². The third-order valence-electron chi connectivity index (χ3n) is 21.3. The predicted octanol–water partition coefficient (Wildman–Crippen LogP) is 23.4. The summed E-state index contributed by atoms with van der Waals surface area (Å²) < 4.78 is 86.1. The van der Waals surface area contributed by atoms with Crippen LogP contribution in [0.4, 0.5) is 51.7 Å². The van der Waals surface area contributed by atoms with Gasteiger partial charge in [0.25, 0.3) is 0 Å². The summed E-state index contributed by atoms with van der Waals surface area (Å²) in [6.45, 7) is 0. The monoisotopic (exact) mass is 1340 g/mol. The molecule has 0 bridgehead atoms. The second-order valence-corrected chi connectivity index (χ2v) is 26.6. The molecule has 0 saturated carbocycles. The number of rotatable bonds is 17. The minimum absolute atomic E-state index is 0.418. The second-order valence-electron chi connectivity index (χ2n) is 26.6.